The molecule has 0 amide bonds. The molecule has 3 saturated carbocycles. The maximum Gasteiger partial charge on any atom is 0.324 e. The Morgan fingerprint density at radius 1 is 1.26 bits per heavy atom. The van der Waals surface area contributed by atoms with Gasteiger partial charge in [0, 0.05) is 19.3 Å². The summed E-state index contributed by atoms with van der Waals surface area (Å²) in [6, 6.07) is 0.448. The van der Waals surface area contributed by atoms with Gasteiger partial charge in [0.05, 0.1) is 0 Å². The van der Waals surface area contributed by atoms with E-state index in [0.29, 0.717) is 6.04 Å². The summed E-state index contributed by atoms with van der Waals surface area (Å²) >= 11 is 0. The fourth-order valence-electron chi connectivity index (χ4n) is 3.35. The zero-order valence-corrected chi connectivity index (χ0v) is 11.6. The maximum absolute atomic E-state index is 11.7. The average Bonchev–Trinajstić information content (AvgIpc) is 3.27. The van der Waals surface area contributed by atoms with Gasteiger partial charge in [-0.15, -0.1) is 0 Å². The maximum atomic E-state index is 11.7. The Balaban J connectivity index is 1.52. The summed E-state index contributed by atoms with van der Waals surface area (Å²) in [4.78, 5) is 11.7. The molecule has 4 heteroatoms. The van der Waals surface area contributed by atoms with Gasteiger partial charge in [0.15, 0.2) is 0 Å². The summed E-state index contributed by atoms with van der Waals surface area (Å²) in [5.41, 5.74) is -0.663. The highest BCUT2D eigenvalue weighted by Crippen LogP contribution is 2.41. The van der Waals surface area contributed by atoms with Crippen LogP contribution in [0.15, 0.2) is 0 Å². The van der Waals surface area contributed by atoms with E-state index in [1.54, 1.807) is 0 Å². The molecule has 3 aliphatic carbocycles. The Hall–Kier alpha value is -0.610. The minimum absolute atomic E-state index is 0.241. The lowest BCUT2D eigenvalue weighted by Gasteiger charge is -2.32. The van der Waals surface area contributed by atoms with Crippen LogP contribution in [-0.2, 0) is 9.53 Å². The van der Waals surface area contributed by atoms with Crippen LogP contribution >= 0.6 is 0 Å². The topological polar surface area (TPSA) is 58.6 Å². The number of hydrogen-bond acceptors (Lipinski definition) is 3. The fraction of sp³-hybridized carbons (Fsp3) is 0.933. The standard InChI is InChI=1S/C15H25NO3/c17-14(18)15(16-13-5-6-13)8-1-2-12(15)7-9-19-10-11-3-4-11/h11-13,16H,1-10H2,(H,17,18). The lowest BCUT2D eigenvalue weighted by atomic mass is 9.84. The van der Waals surface area contributed by atoms with Gasteiger partial charge in [-0.3, -0.25) is 10.1 Å². The molecular weight excluding hydrogens is 242 g/mol. The average molecular weight is 267 g/mol. The number of nitrogens with one attached hydrogen (secondary N) is 1. The van der Waals surface area contributed by atoms with Crippen molar-refractivity contribution < 1.29 is 14.6 Å². The molecule has 0 saturated heterocycles. The molecule has 3 fully saturated rings. The molecule has 0 aliphatic heterocycles. The molecule has 108 valence electrons. The van der Waals surface area contributed by atoms with Crippen molar-refractivity contribution in [2.45, 2.75) is 62.9 Å². The van der Waals surface area contributed by atoms with E-state index < -0.39 is 11.5 Å². The van der Waals surface area contributed by atoms with Crippen molar-refractivity contribution in [3.63, 3.8) is 0 Å². The highest BCUT2D eigenvalue weighted by Gasteiger charge is 2.51. The first-order valence-electron chi connectivity index (χ1n) is 7.79. The summed E-state index contributed by atoms with van der Waals surface area (Å²) < 4.78 is 5.69. The van der Waals surface area contributed by atoms with Crippen LogP contribution in [0, 0.1) is 11.8 Å². The highest BCUT2D eigenvalue weighted by atomic mass is 16.5. The first-order valence-corrected chi connectivity index (χ1v) is 7.79. The number of carboxylic acids is 1. The van der Waals surface area contributed by atoms with E-state index in [0.717, 1.165) is 57.7 Å². The van der Waals surface area contributed by atoms with Crippen molar-refractivity contribution in [3.05, 3.63) is 0 Å². The Bertz CT molecular complexity index is 338. The lowest BCUT2D eigenvalue weighted by Crippen LogP contribution is -2.55. The van der Waals surface area contributed by atoms with Crippen molar-refractivity contribution in [3.8, 4) is 0 Å². The third-order valence-corrected chi connectivity index (χ3v) is 4.90. The second kappa shape index (κ2) is 5.41. The minimum Gasteiger partial charge on any atom is -0.480 e. The zero-order valence-electron chi connectivity index (χ0n) is 11.6. The second-order valence-electron chi connectivity index (χ2n) is 6.59. The molecule has 0 bridgehead atoms. The summed E-state index contributed by atoms with van der Waals surface area (Å²) in [6.45, 7) is 1.60. The number of hydrogen-bond donors (Lipinski definition) is 2. The van der Waals surface area contributed by atoms with Crippen LogP contribution in [0.1, 0.15) is 51.4 Å². The van der Waals surface area contributed by atoms with Crippen LogP contribution in [-0.4, -0.2) is 35.9 Å². The predicted octanol–water partition coefficient (Wildman–Crippen LogP) is 2.18. The van der Waals surface area contributed by atoms with E-state index in [1.807, 2.05) is 0 Å². The van der Waals surface area contributed by atoms with E-state index in [4.69, 9.17) is 4.74 Å². The molecule has 0 aromatic carbocycles. The molecule has 3 aliphatic rings. The third kappa shape index (κ3) is 3.11. The number of ether oxygens (including phenoxy) is 1. The summed E-state index contributed by atoms with van der Waals surface area (Å²) in [7, 11) is 0. The molecular formula is C15H25NO3. The van der Waals surface area contributed by atoms with Gasteiger partial charge in [-0.1, -0.05) is 6.42 Å². The quantitative estimate of drug-likeness (QED) is 0.662. The first-order chi connectivity index (χ1) is 9.21. The molecule has 0 spiro atoms. The van der Waals surface area contributed by atoms with E-state index in [2.05, 4.69) is 5.32 Å². The number of aliphatic carboxylic acids is 1. The second-order valence-corrected chi connectivity index (χ2v) is 6.59. The van der Waals surface area contributed by atoms with Gasteiger partial charge in [0.1, 0.15) is 5.54 Å². The van der Waals surface area contributed by atoms with Crippen LogP contribution in [0.25, 0.3) is 0 Å². The van der Waals surface area contributed by atoms with Crippen LogP contribution in [0.2, 0.25) is 0 Å². The Labute approximate surface area is 114 Å². The SMILES string of the molecule is O=C(O)C1(NC2CC2)CCCC1CCOCC1CC1. The van der Waals surface area contributed by atoms with Gasteiger partial charge in [-0.25, -0.2) is 0 Å². The fourth-order valence-corrected chi connectivity index (χ4v) is 3.35. The minimum atomic E-state index is -0.663. The number of carboxylic acid groups (broad SMARTS) is 1. The molecule has 4 nitrogen and oxygen atoms in total. The molecule has 0 aromatic heterocycles. The van der Waals surface area contributed by atoms with Crippen molar-refractivity contribution in [1.82, 2.24) is 5.32 Å². The molecule has 2 unspecified atom stereocenters. The summed E-state index contributed by atoms with van der Waals surface area (Å²) in [5, 5.41) is 13.1. The normalized spacial score (nSPS) is 34.6. The predicted molar refractivity (Wildman–Crippen MR) is 72.0 cm³/mol. The van der Waals surface area contributed by atoms with Crippen molar-refractivity contribution in [2.24, 2.45) is 11.8 Å². The van der Waals surface area contributed by atoms with Gasteiger partial charge < -0.3 is 9.84 Å². The van der Waals surface area contributed by atoms with Crippen molar-refractivity contribution >= 4 is 5.97 Å². The van der Waals surface area contributed by atoms with Crippen LogP contribution in [0.3, 0.4) is 0 Å². The monoisotopic (exact) mass is 267 g/mol. The van der Waals surface area contributed by atoms with Crippen LogP contribution < -0.4 is 5.32 Å². The van der Waals surface area contributed by atoms with E-state index in [-0.39, 0.29) is 5.92 Å². The number of rotatable bonds is 8. The molecule has 2 N–H and O–H groups in total. The number of carbonyl (C=O) groups is 1. The Kier molecular flexibility index (Phi) is 3.81. The van der Waals surface area contributed by atoms with Crippen LogP contribution in [0.5, 0.6) is 0 Å². The van der Waals surface area contributed by atoms with Gasteiger partial charge in [-0.2, -0.15) is 0 Å². The molecule has 2 atom stereocenters. The zero-order chi connectivity index (χ0) is 13.3. The third-order valence-electron chi connectivity index (χ3n) is 4.90. The highest BCUT2D eigenvalue weighted by molar-refractivity contribution is 5.80. The van der Waals surface area contributed by atoms with E-state index in [9.17, 15) is 9.90 Å². The summed E-state index contributed by atoms with van der Waals surface area (Å²) in [5.74, 6) is 0.381. The smallest absolute Gasteiger partial charge is 0.324 e. The van der Waals surface area contributed by atoms with Crippen molar-refractivity contribution in [2.75, 3.05) is 13.2 Å². The van der Waals surface area contributed by atoms with Gasteiger partial charge in [-0.05, 0) is 56.8 Å². The van der Waals surface area contributed by atoms with Gasteiger partial charge in [0.2, 0.25) is 0 Å². The molecule has 0 heterocycles. The van der Waals surface area contributed by atoms with E-state index in [1.165, 1.54) is 12.8 Å². The van der Waals surface area contributed by atoms with E-state index >= 15 is 0 Å². The van der Waals surface area contributed by atoms with Crippen molar-refractivity contribution in [1.29, 1.82) is 0 Å². The lowest BCUT2D eigenvalue weighted by molar-refractivity contribution is -0.147. The summed E-state index contributed by atoms with van der Waals surface area (Å²) in [6.07, 6.45) is 8.63. The molecule has 3 rings (SSSR count). The van der Waals surface area contributed by atoms with Gasteiger partial charge in [0.25, 0.3) is 0 Å². The largest absolute Gasteiger partial charge is 0.480 e. The molecule has 0 radical (unpaired) electrons. The first kappa shape index (κ1) is 13.4. The Morgan fingerprint density at radius 3 is 2.68 bits per heavy atom. The Morgan fingerprint density at radius 2 is 2.05 bits per heavy atom. The molecule has 19 heavy (non-hydrogen) atoms. The van der Waals surface area contributed by atoms with Gasteiger partial charge >= 0.3 is 5.97 Å². The molecule has 0 aromatic rings. The van der Waals surface area contributed by atoms with Crippen LogP contribution in [0.4, 0.5) is 0 Å².